The summed E-state index contributed by atoms with van der Waals surface area (Å²) in [7, 11) is 0. The van der Waals surface area contributed by atoms with Gasteiger partial charge in [0, 0.05) is 6.54 Å². The SMILES string of the molecule is O=C(Cc1ccc2oc(Nc3nc4ccccc4o3)nc2c1)NCCOCCO. The third-order valence-corrected chi connectivity index (χ3v) is 4.13. The largest absolute Gasteiger partial charge is 0.423 e. The highest BCUT2D eigenvalue weighted by Gasteiger charge is 2.12. The zero-order chi connectivity index (χ0) is 20.1. The molecule has 2 heterocycles. The summed E-state index contributed by atoms with van der Waals surface area (Å²) in [6, 6.07) is 13.4. The highest BCUT2D eigenvalue weighted by atomic mass is 16.5. The molecule has 0 aliphatic heterocycles. The lowest BCUT2D eigenvalue weighted by Crippen LogP contribution is -2.28. The molecule has 150 valence electrons. The van der Waals surface area contributed by atoms with Crippen LogP contribution in [-0.2, 0) is 16.0 Å². The number of hydrogen-bond donors (Lipinski definition) is 3. The predicted octanol–water partition coefficient (Wildman–Crippen LogP) is 2.38. The van der Waals surface area contributed by atoms with E-state index in [0.29, 0.717) is 35.8 Å². The Morgan fingerprint density at radius 2 is 1.76 bits per heavy atom. The van der Waals surface area contributed by atoms with E-state index in [1.165, 1.54) is 0 Å². The van der Waals surface area contributed by atoms with E-state index in [-0.39, 0.29) is 31.6 Å². The molecule has 0 atom stereocenters. The monoisotopic (exact) mass is 396 g/mol. The van der Waals surface area contributed by atoms with Gasteiger partial charge in [0.25, 0.3) is 0 Å². The first-order valence-corrected chi connectivity index (χ1v) is 9.18. The fourth-order valence-electron chi connectivity index (χ4n) is 2.83. The number of para-hydroxylation sites is 2. The van der Waals surface area contributed by atoms with Gasteiger partial charge in [0.2, 0.25) is 5.91 Å². The lowest BCUT2D eigenvalue weighted by atomic mass is 10.1. The molecule has 0 aliphatic rings. The van der Waals surface area contributed by atoms with Crippen molar-refractivity contribution in [2.45, 2.75) is 6.42 Å². The molecule has 2 aromatic heterocycles. The summed E-state index contributed by atoms with van der Waals surface area (Å²) in [6.07, 6.45) is 0.219. The van der Waals surface area contributed by atoms with E-state index in [9.17, 15) is 4.79 Å². The van der Waals surface area contributed by atoms with E-state index >= 15 is 0 Å². The number of oxazole rings is 2. The molecule has 4 aromatic rings. The van der Waals surface area contributed by atoms with E-state index in [2.05, 4.69) is 20.6 Å². The van der Waals surface area contributed by atoms with Gasteiger partial charge in [0.1, 0.15) is 11.0 Å². The van der Waals surface area contributed by atoms with Gasteiger partial charge >= 0.3 is 12.0 Å². The van der Waals surface area contributed by atoms with Crippen molar-refractivity contribution in [3.63, 3.8) is 0 Å². The normalized spacial score (nSPS) is 11.2. The van der Waals surface area contributed by atoms with Gasteiger partial charge in [-0.05, 0) is 29.8 Å². The standard InChI is InChI=1S/C20H20N4O5/c25-8-10-27-9-7-21-18(26)12-13-5-6-17-15(11-13)23-20(29-17)24-19-22-14-3-1-2-4-16(14)28-19/h1-6,11,25H,7-10,12H2,(H,21,26)(H,22,23,24). The lowest BCUT2D eigenvalue weighted by Gasteiger charge is -2.05. The van der Waals surface area contributed by atoms with Crippen LogP contribution in [0, 0.1) is 0 Å². The Hall–Kier alpha value is -3.43. The van der Waals surface area contributed by atoms with Gasteiger partial charge in [0.15, 0.2) is 11.2 Å². The summed E-state index contributed by atoms with van der Waals surface area (Å²) in [4.78, 5) is 20.7. The number of carbonyl (C=O) groups is 1. The molecule has 9 heteroatoms. The Morgan fingerprint density at radius 1 is 1.00 bits per heavy atom. The Morgan fingerprint density at radius 3 is 2.55 bits per heavy atom. The van der Waals surface area contributed by atoms with Crippen LogP contribution in [0.4, 0.5) is 12.0 Å². The summed E-state index contributed by atoms with van der Waals surface area (Å²) in [5, 5.41) is 14.3. The number of hydrogen-bond acceptors (Lipinski definition) is 8. The van der Waals surface area contributed by atoms with Crippen molar-refractivity contribution in [2.75, 3.05) is 31.7 Å². The van der Waals surface area contributed by atoms with E-state index in [4.69, 9.17) is 18.7 Å². The molecule has 1 amide bonds. The minimum absolute atomic E-state index is 0.0328. The maximum absolute atomic E-state index is 12.0. The van der Waals surface area contributed by atoms with Crippen LogP contribution >= 0.6 is 0 Å². The molecule has 0 spiro atoms. The first-order valence-electron chi connectivity index (χ1n) is 9.18. The molecule has 0 saturated heterocycles. The summed E-state index contributed by atoms with van der Waals surface area (Å²) < 4.78 is 16.4. The van der Waals surface area contributed by atoms with Crippen LogP contribution in [0.3, 0.4) is 0 Å². The smallest absolute Gasteiger partial charge is 0.303 e. The maximum Gasteiger partial charge on any atom is 0.303 e. The summed E-state index contributed by atoms with van der Waals surface area (Å²) >= 11 is 0. The summed E-state index contributed by atoms with van der Waals surface area (Å²) in [6.45, 7) is 0.983. The topological polar surface area (TPSA) is 123 Å². The highest BCUT2D eigenvalue weighted by molar-refractivity contribution is 5.82. The van der Waals surface area contributed by atoms with Crippen LogP contribution in [0.25, 0.3) is 22.2 Å². The molecule has 3 N–H and O–H groups in total. The number of carbonyl (C=O) groups excluding carboxylic acids is 1. The fourth-order valence-corrected chi connectivity index (χ4v) is 2.83. The Kier molecular flexibility index (Phi) is 5.68. The zero-order valence-corrected chi connectivity index (χ0v) is 15.6. The number of nitrogens with zero attached hydrogens (tertiary/aromatic N) is 2. The number of rotatable bonds is 9. The lowest BCUT2D eigenvalue weighted by molar-refractivity contribution is -0.120. The van der Waals surface area contributed by atoms with Gasteiger partial charge in [-0.3, -0.25) is 10.1 Å². The van der Waals surface area contributed by atoms with Gasteiger partial charge in [0.05, 0.1) is 26.2 Å². The third kappa shape index (κ3) is 4.71. The highest BCUT2D eigenvalue weighted by Crippen LogP contribution is 2.25. The Bertz CT molecular complexity index is 1090. The Labute approximate surface area is 165 Å². The van der Waals surface area contributed by atoms with Crippen LogP contribution in [0.1, 0.15) is 5.56 Å². The number of aliphatic hydroxyl groups is 1. The van der Waals surface area contributed by atoms with Crippen LogP contribution in [0.15, 0.2) is 51.3 Å². The van der Waals surface area contributed by atoms with Gasteiger partial charge in [-0.15, -0.1) is 0 Å². The predicted molar refractivity (Wildman–Crippen MR) is 106 cm³/mol. The minimum atomic E-state index is -0.120. The summed E-state index contributed by atoms with van der Waals surface area (Å²) in [5.41, 5.74) is 3.43. The second kappa shape index (κ2) is 8.72. The van der Waals surface area contributed by atoms with E-state index in [1.807, 2.05) is 30.3 Å². The molecule has 0 radical (unpaired) electrons. The van der Waals surface area contributed by atoms with Crippen molar-refractivity contribution in [1.29, 1.82) is 0 Å². The number of benzene rings is 2. The molecule has 0 saturated carbocycles. The Balaban J connectivity index is 1.39. The molecular formula is C20H20N4O5. The molecule has 2 aromatic carbocycles. The van der Waals surface area contributed by atoms with Crippen LogP contribution in [-0.4, -0.2) is 47.3 Å². The molecule has 9 nitrogen and oxygen atoms in total. The van der Waals surface area contributed by atoms with Gasteiger partial charge in [-0.2, -0.15) is 9.97 Å². The third-order valence-electron chi connectivity index (χ3n) is 4.13. The van der Waals surface area contributed by atoms with Gasteiger partial charge in [-0.1, -0.05) is 18.2 Å². The van der Waals surface area contributed by atoms with Crippen molar-refractivity contribution >= 4 is 40.1 Å². The number of fused-ring (bicyclic) bond motifs is 2. The molecule has 0 unspecified atom stereocenters. The molecule has 0 fully saturated rings. The van der Waals surface area contributed by atoms with Crippen molar-refractivity contribution in [2.24, 2.45) is 0 Å². The first kappa shape index (κ1) is 18.9. The molecular weight excluding hydrogens is 376 g/mol. The van der Waals surface area contributed by atoms with E-state index in [1.54, 1.807) is 12.1 Å². The van der Waals surface area contributed by atoms with Crippen molar-refractivity contribution < 1.29 is 23.5 Å². The molecule has 0 aliphatic carbocycles. The van der Waals surface area contributed by atoms with Crippen molar-refractivity contribution in [3.05, 3.63) is 48.0 Å². The van der Waals surface area contributed by atoms with Crippen LogP contribution in [0.5, 0.6) is 0 Å². The average molecular weight is 396 g/mol. The number of anilines is 2. The molecule has 0 bridgehead atoms. The molecule has 4 rings (SSSR count). The fraction of sp³-hybridized carbons (Fsp3) is 0.250. The number of aliphatic hydroxyl groups excluding tert-OH is 1. The van der Waals surface area contributed by atoms with E-state index in [0.717, 1.165) is 11.1 Å². The van der Waals surface area contributed by atoms with Crippen molar-refractivity contribution in [1.82, 2.24) is 15.3 Å². The van der Waals surface area contributed by atoms with Gasteiger partial charge in [-0.25, -0.2) is 0 Å². The first-order chi connectivity index (χ1) is 14.2. The number of amides is 1. The number of nitrogens with one attached hydrogen (secondary N) is 2. The zero-order valence-electron chi connectivity index (χ0n) is 15.6. The minimum Gasteiger partial charge on any atom is -0.423 e. The number of ether oxygens (including phenoxy) is 1. The second-order valence-electron chi connectivity index (χ2n) is 6.30. The second-order valence-corrected chi connectivity index (χ2v) is 6.30. The summed E-state index contributed by atoms with van der Waals surface area (Å²) in [5.74, 6) is -0.120. The van der Waals surface area contributed by atoms with Crippen LogP contribution in [0.2, 0.25) is 0 Å². The van der Waals surface area contributed by atoms with Gasteiger partial charge < -0.3 is 24.0 Å². The van der Waals surface area contributed by atoms with Crippen LogP contribution < -0.4 is 10.6 Å². The maximum atomic E-state index is 12.0. The van der Waals surface area contributed by atoms with Crippen molar-refractivity contribution in [3.8, 4) is 0 Å². The number of aromatic nitrogens is 2. The molecule has 29 heavy (non-hydrogen) atoms. The average Bonchev–Trinajstić information content (AvgIpc) is 3.30. The quantitative estimate of drug-likeness (QED) is 0.369. The van der Waals surface area contributed by atoms with E-state index < -0.39 is 0 Å².